The van der Waals surface area contributed by atoms with E-state index in [2.05, 4.69) is 24.4 Å². The smallest absolute Gasteiger partial charge is 0.257 e. The first-order valence-electron chi connectivity index (χ1n) is 12.9. The first-order valence-corrected chi connectivity index (χ1v) is 12.9. The Morgan fingerprint density at radius 2 is 1.54 bits per heavy atom. The molecule has 0 spiro atoms. The van der Waals surface area contributed by atoms with E-state index < -0.39 is 0 Å². The predicted molar refractivity (Wildman–Crippen MR) is 145 cm³/mol. The summed E-state index contributed by atoms with van der Waals surface area (Å²) in [5.41, 5.74) is 5.43. The molecule has 0 saturated carbocycles. The van der Waals surface area contributed by atoms with Gasteiger partial charge in [-0.15, -0.1) is 0 Å². The van der Waals surface area contributed by atoms with Crippen LogP contribution in [0.5, 0.6) is 0 Å². The zero-order valence-corrected chi connectivity index (χ0v) is 21.1. The van der Waals surface area contributed by atoms with Crippen molar-refractivity contribution in [2.24, 2.45) is 5.92 Å². The maximum Gasteiger partial charge on any atom is 0.257 e. The molecule has 2 amide bonds. The molecule has 1 N–H and O–H groups in total. The summed E-state index contributed by atoms with van der Waals surface area (Å²) in [6.45, 7) is 3.88. The average Bonchev–Trinajstić information content (AvgIpc) is 3.39. The number of para-hydroxylation sites is 1. The Bertz CT molecular complexity index is 1340. The number of hydrogen-bond acceptors (Lipinski definition) is 3. The van der Waals surface area contributed by atoms with Crippen molar-refractivity contribution < 1.29 is 9.59 Å². The van der Waals surface area contributed by atoms with E-state index in [4.69, 9.17) is 5.10 Å². The lowest BCUT2D eigenvalue weighted by atomic mass is 9.92. The molecule has 1 aliphatic rings. The van der Waals surface area contributed by atoms with Crippen LogP contribution in [0.25, 0.3) is 16.9 Å². The number of likely N-dealkylation sites (tertiary alicyclic amines) is 1. The second-order valence-corrected chi connectivity index (χ2v) is 9.74. The van der Waals surface area contributed by atoms with Crippen LogP contribution < -0.4 is 5.32 Å². The molecule has 37 heavy (non-hydrogen) atoms. The molecule has 0 aliphatic carbocycles. The monoisotopic (exact) mass is 492 g/mol. The standard InChI is InChI=1S/C31H32N4O2/c1-23-12-14-25(15-13-23)21-32-29(36)20-24-16-18-34(19-17-24)31(37)28-22-35(27-10-6-3-7-11-27)33-30(28)26-8-4-2-5-9-26/h2-15,22,24H,16-21H2,1H3,(H,32,36). The van der Waals surface area contributed by atoms with Gasteiger partial charge in [0.05, 0.1) is 11.3 Å². The quantitative estimate of drug-likeness (QED) is 0.375. The minimum absolute atomic E-state index is 0.0108. The van der Waals surface area contributed by atoms with Crippen LogP contribution in [0.3, 0.4) is 0 Å². The van der Waals surface area contributed by atoms with Crippen LogP contribution in [0.2, 0.25) is 0 Å². The predicted octanol–water partition coefficient (Wildman–Crippen LogP) is 5.41. The van der Waals surface area contributed by atoms with Crippen LogP contribution in [0, 0.1) is 12.8 Å². The number of hydrogen-bond donors (Lipinski definition) is 1. The van der Waals surface area contributed by atoms with Gasteiger partial charge in [0.25, 0.3) is 5.91 Å². The Balaban J connectivity index is 1.22. The molecule has 1 saturated heterocycles. The Labute approximate surface area is 217 Å². The number of carbonyl (C=O) groups is 2. The Morgan fingerprint density at radius 3 is 2.22 bits per heavy atom. The second kappa shape index (κ2) is 11.2. The minimum atomic E-state index is -0.0108. The number of carbonyl (C=O) groups excluding carboxylic acids is 2. The van der Waals surface area contributed by atoms with Gasteiger partial charge in [-0.3, -0.25) is 9.59 Å². The molecule has 5 rings (SSSR count). The van der Waals surface area contributed by atoms with Crippen LogP contribution in [0.4, 0.5) is 0 Å². The van der Waals surface area contributed by atoms with Crippen molar-refractivity contribution in [2.75, 3.05) is 13.1 Å². The first kappa shape index (κ1) is 24.5. The van der Waals surface area contributed by atoms with E-state index in [0.29, 0.717) is 37.3 Å². The van der Waals surface area contributed by atoms with Gasteiger partial charge in [0.2, 0.25) is 5.91 Å². The summed E-state index contributed by atoms with van der Waals surface area (Å²) < 4.78 is 1.78. The fourth-order valence-corrected chi connectivity index (χ4v) is 4.80. The van der Waals surface area contributed by atoms with Crippen molar-refractivity contribution in [3.63, 3.8) is 0 Å². The Kier molecular flexibility index (Phi) is 7.45. The van der Waals surface area contributed by atoms with Gasteiger partial charge in [0, 0.05) is 37.8 Å². The minimum Gasteiger partial charge on any atom is -0.352 e. The van der Waals surface area contributed by atoms with E-state index in [1.807, 2.05) is 83.9 Å². The van der Waals surface area contributed by atoms with Gasteiger partial charge in [-0.1, -0.05) is 78.4 Å². The van der Waals surface area contributed by atoms with E-state index >= 15 is 0 Å². The molecule has 6 heteroatoms. The molecule has 1 aliphatic heterocycles. The summed E-state index contributed by atoms with van der Waals surface area (Å²) in [6.07, 6.45) is 3.97. The van der Waals surface area contributed by atoms with Crippen LogP contribution in [-0.2, 0) is 11.3 Å². The van der Waals surface area contributed by atoms with Gasteiger partial charge in [-0.2, -0.15) is 5.10 Å². The molecule has 0 bridgehead atoms. The fraction of sp³-hybridized carbons (Fsp3) is 0.258. The summed E-state index contributed by atoms with van der Waals surface area (Å²) in [5, 5.41) is 7.83. The van der Waals surface area contributed by atoms with Crippen molar-refractivity contribution in [1.29, 1.82) is 0 Å². The molecule has 188 valence electrons. The topological polar surface area (TPSA) is 67.2 Å². The zero-order chi connectivity index (χ0) is 25.6. The van der Waals surface area contributed by atoms with Crippen molar-refractivity contribution in [2.45, 2.75) is 32.7 Å². The molecular formula is C31H32N4O2. The largest absolute Gasteiger partial charge is 0.352 e. The van der Waals surface area contributed by atoms with E-state index in [-0.39, 0.29) is 17.7 Å². The summed E-state index contributed by atoms with van der Waals surface area (Å²) in [7, 11) is 0. The number of amides is 2. The second-order valence-electron chi connectivity index (χ2n) is 9.74. The molecule has 4 aromatic rings. The van der Waals surface area contributed by atoms with Crippen molar-refractivity contribution in [3.8, 4) is 16.9 Å². The van der Waals surface area contributed by atoms with Gasteiger partial charge in [0.15, 0.2) is 0 Å². The number of nitrogens with zero attached hydrogens (tertiary/aromatic N) is 3. The lowest BCUT2D eigenvalue weighted by molar-refractivity contribution is -0.122. The molecule has 1 aromatic heterocycles. The van der Waals surface area contributed by atoms with E-state index in [1.54, 1.807) is 4.68 Å². The normalized spacial score (nSPS) is 13.9. The lowest BCUT2D eigenvalue weighted by Crippen LogP contribution is -2.39. The number of aryl methyl sites for hydroxylation is 1. The number of benzene rings is 3. The van der Waals surface area contributed by atoms with Crippen LogP contribution >= 0.6 is 0 Å². The van der Waals surface area contributed by atoms with Crippen molar-refractivity contribution in [3.05, 3.63) is 108 Å². The fourth-order valence-electron chi connectivity index (χ4n) is 4.80. The van der Waals surface area contributed by atoms with E-state index in [1.165, 1.54) is 5.56 Å². The summed E-state index contributed by atoms with van der Waals surface area (Å²) in [6, 6.07) is 27.9. The van der Waals surface area contributed by atoms with Crippen molar-refractivity contribution >= 4 is 11.8 Å². The average molecular weight is 493 g/mol. The third kappa shape index (κ3) is 5.97. The van der Waals surface area contributed by atoms with E-state index in [0.717, 1.165) is 29.7 Å². The number of nitrogens with one attached hydrogen (secondary N) is 1. The number of aromatic nitrogens is 2. The molecule has 0 unspecified atom stereocenters. The molecule has 0 radical (unpaired) electrons. The molecular weight excluding hydrogens is 460 g/mol. The van der Waals surface area contributed by atoms with Gasteiger partial charge in [-0.05, 0) is 43.4 Å². The summed E-state index contributed by atoms with van der Waals surface area (Å²) in [5.74, 6) is 0.340. The highest BCUT2D eigenvalue weighted by molar-refractivity contribution is 6.00. The van der Waals surface area contributed by atoms with Gasteiger partial charge in [-0.25, -0.2) is 4.68 Å². The molecule has 1 fully saturated rings. The maximum absolute atomic E-state index is 13.6. The summed E-state index contributed by atoms with van der Waals surface area (Å²) in [4.78, 5) is 28.1. The Morgan fingerprint density at radius 1 is 0.892 bits per heavy atom. The number of rotatable bonds is 7. The van der Waals surface area contributed by atoms with Gasteiger partial charge in [0.1, 0.15) is 5.69 Å². The number of piperidine rings is 1. The maximum atomic E-state index is 13.6. The molecule has 0 atom stereocenters. The SMILES string of the molecule is Cc1ccc(CNC(=O)CC2CCN(C(=O)c3cn(-c4ccccc4)nc3-c3ccccc3)CC2)cc1. The molecule has 2 heterocycles. The highest BCUT2D eigenvalue weighted by atomic mass is 16.2. The van der Waals surface area contributed by atoms with E-state index in [9.17, 15) is 9.59 Å². The van der Waals surface area contributed by atoms with Gasteiger partial charge >= 0.3 is 0 Å². The first-order chi connectivity index (χ1) is 18.1. The molecule has 6 nitrogen and oxygen atoms in total. The third-order valence-electron chi connectivity index (χ3n) is 7.00. The highest BCUT2D eigenvalue weighted by Gasteiger charge is 2.28. The van der Waals surface area contributed by atoms with Crippen LogP contribution in [0.15, 0.2) is 91.1 Å². The third-order valence-corrected chi connectivity index (χ3v) is 7.00. The van der Waals surface area contributed by atoms with Gasteiger partial charge < -0.3 is 10.2 Å². The summed E-state index contributed by atoms with van der Waals surface area (Å²) >= 11 is 0. The van der Waals surface area contributed by atoms with Crippen LogP contribution in [0.1, 0.15) is 40.7 Å². The lowest BCUT2D eigenvalue weighted by Gasteiger charge is -2.31. The zero-order valence-electron chi connectivity index (χ0n) is 21.1. The Hall–Kier alpha value is -4.19. The van der Waals surface area contributed by atoms with Crippen molar-refractivity contribution in [1.82, 2.24) is 20.0 Å². The van der Waals surface area contributed by atoms with Crippen LogP contribution in [-0.4, -0.2) is 39.6 Å². The highest BCUT2D eigenvalue weighted by Crippen LogP contribution is 2.27. The molecule has 3 aromatic carbocycles.